The van der Waals surface area contributed by atoms with Crippen LogP contribution in [-0.2, 0) is 0 Å². The number of carbonyl (C=O) groups excluding carboxylic acids is 1. The molecule has 0 bridgehead atoms. The van der Waals surface area contributed by atoms with Gasteiger partial charge in [0.2, 0.25) is 0 Å². The van der Waals surface area contributed by atoms with Crippen molar-refractivity contribution < 1.29 is 9.21 Å². The third-order valence-corrected chi connectivity index (χ3v) is 4.47. The van der Waals surface area contributed by atoms with Crippen molar-refractivity contribution in [2.75, 3.05) is 19.6 Å². The molecule has 1 amide bonds. The SMILES string of the molecule is Cc1cc(C(=O)N2CCC(C3CCCN3)CC2)co1. The summed E-state index contributed by atoms with van der Waals surface area (Å²) in [5.41, 5.74) is 0.690. The first kappa shape index (κ1) is 12.7. The summed E-state index contributed by atoms with van der Waals surface area (Å²) in [7, 11) is 0. The number of carbonyl (C=O) groups is 1. The number of piperidine rings is 1. The number of rotatable bonds is 2. The fraction of sp³-hybridized carbons (Fsp3) is 0.667. The van der Waals surface area contributed by atoms with E-state index in [1.54, 1.807) is 6.26 Å². The third-order valence-electron chi connectivity index (χ3n) is 4.47. The summed E-state index contributed by atoms with van der Waals surface area (Å²) in [5.74, 6) is 1.67. The van der Waals surface area contributed by atoms with Crippen molar-refractivity contribution in [3.8, 4) is 0 Å². The van der Waals surface area contributed by atoms with Gasteiger partial charge in [-0.1, -0.05) is 0 Å². The largest absolute Gasteiger partial charge is 0.469 e. The zero-order chi connectivity index (χ0) is 13.2. The lowest BCUT2D eigenvalue weighted by atomic mass is 9.88. The first-order valence-corrected chi connectivity index (χ1v) is 7.32. The van der Waals surface area contributed by atoms with Gasteiger partial charge in [-0.15, -0.1) is 0 Å². The second-order valence-corrected chi connectivity index (χ2v) is 5.78. The van der Waals surface area contributed by atoms with Gasteiger partial charge in [0.05, 0.1) is 5.56 Å². The van der Waals surface area contributed by atoms with E-state index in [9.17, 15) is 4.79 Å². The molecule has 1 aromatic rings. The van der Waals surface area contributed by atoms with Crippen LogP contribution in [0.25, 0.3) is 0 Å². The molecule has 2 aliphatic heterocycles. The van der Waals surface area contributed by atoms with Crippen molar-refractivity contribution in [1.29, 1.82) is 0 Å². The van der Waals surface area contributed by atoms with Crippen molar-refractivity contribution in [2.24, 2.45) is 5.92 Å². The molecule has 0 spiro atoms. The molecule has 0 aliphatic carbocycles. The molecule has 1 unspecified atom stereocenters. The Morgan fingerprint density at radius 1 is 1.37 bits per heavy atom. The Morgan fingerprint density at radius 2 is 2.16 bits per heavy atom. The maximum Gasteiger partial charge on any atom is 0.257 e. The highest BCUT2D eigenvalue weighted by Crippen LogP contribution is 2.26. The van der Waals surface area contributed by atoms with Gasteiger partial charge in [0.1, 0.15) is 12.0 Å². The van der Waals surface area contributed by atoms with Gasteiger partial charge in [-0.25, -0.2) is 0 Å². The summed E-state index contributed by atoms with van der Waals surface area (Å²) in [6.07, 6.45) is 6.43. The van der Waals surface area contributed by atoms with Crippen LogP contribution in [0.15, 0.2) is 16.7 Å². The normalized spacial score (nSPS) is 24.9. The van der Waals surface area contributed by atoms with Crippen LogP contribution in [0, 0.1) is 12.8 Å². The Labute approximate surface area is 114 Å². The molecular weight excluding hydrogens is 240 g/mol. The second kappa shape index (κ2) is 5.37. The van der Waals surface area contributed by atoms with E-state index in [0.717, 1.165) is 44.2 Å². The van der Waals surface area contributed by atoms with Gasteiger partial charge < -0.3 is 14.6 Å². The number of amides is 1. The molecule has 2 saturated heterocycles. The summed E-state index contributed by atoms with van der Waals surface area (Å²) >= 11 is 0. The Kier molecular flexibility index (Phi) is 3.60. The van der Waals surface area contributed by atoms with Crippen LogP contribution in [-0.4, -0.2) is 36.5 Å². The smallest absolute Gasteiger partial charge is 0.257 e. The molecule has 4 heteroatoms. The molecule has 0 aromatic carbocycles. The summed E-state index contributed by atoms with van der Waals surface area (Å²) in [4.78, 5) is 14.3. The topological polar surface area (TPSA) is 45.5 Å². The summed E-state index contributed by atoms with van der Waals surface area (Å²) < 4.78 is 5.22. The molecule has 2 fully saturated rings. The molecule has 3 rings (SSSR count). The average molecular weight is 262 g/mol. The van der Waals surface area contributed by atoms with E-state index in [-0.39, 0.29) is 5.91 Å². The quantitative estimate of drug-likeness (QED) is 0.888. The zero-order valence-electron chi connectivity index (χ0n) is 11.5. The first-order valence-electron chi connectivity index (χ1n) is 7.32. The summed E-state index contributed by atoms with van der Waals surface area (Å²) in [6.45, 7) is 4.80. The van der Waals surface area contributed by atoms with Gasteiger partial charge in [-0.2, -0.15) is 0 Å². The van der Waals surface area contributed by atoms with Gasteiger partial charge in [-0.05, 0) is 51.1 Å². The van der Waals surface area contributed by atoms with E-state index in [1.807, 2.05) is 17.9 Å². The van der Waals surface area contributed by atoms with Crippen LogP contribution in [0.3, 0.4) is 0 Å². The van der Waals surface area contributed by atoms with E-state index < -0.39 is 0 Å². The molecule has 1 N–H and O–H groups in total. The number of nitrogens with zero attached hydrogens (tertiary/aromatic N) is 1. The fourth-order valence-corrected chi connectivity index (χ4v) is 3.36. The van der Waals surface area contributed by atoms with Crippen molar-refractivity contribution >= 4 is 5.91 Å². The van der Waals surface area contributed by atoms with Gasteiger partial charge in [0.15, 0.2) is 0 Å². The molecule has 2 aliphatic rings. The van der Waals surface area contributed by atoms with Crippen molar-refractivity contribution in [3.63, 3.8) is 0 Å². The minimum atomic E-state index is 0.120. The minimum absolute atomic E-state index is 0.120. The predicted molar refractivity (Wildman–Crippen MR) is 73.1 cm³/mol. The number of nitrogens with one attached hydrogen (secondary N) is 1. The molecule has 19 heavy (non-hydrogen) atoms. The van der Waals surface area contributed by atoms with Crippen LogP contribution < -0.4 is 5.32 Å². The van der Waals surface area contributed by atoms with Gasteiger partial charge in [-0.3, -0.25) is 4.79 Å². The number of hydrogen-bond acceptors (Lipinski definition) is 3. The standard InChI is InChI=1S/C15H22N2O2/c1-11-9-13(10-19-11)15(18)17-7-4-12(5-8-17)14-3-2-6-16-14/h9-10,12,14,16H,2-8H2,1H3. The number of hydrogen-bond donors (Lipinski definition) is 1. The maximum absolute atomic E-state index is 12.3. The highest BCUT2D eigenvalue weighted by Gasteiger charge is 2.30. The van der Waals surface area contributed by atoms with Gasteiger partial charge in [0.25, 0.3) is 5.91 Å². The Morgan fingerprint density at radius 3 is 2.74 bits per heavy atom. The second-order valence-electron chi connectivity index (χ2n) is 5.78. The van der Waals surface area contributed by atoms with Crippen LogP contribution in [0.4, 0.5) is 0 Å². The van der Waals surface area contributed by atoms with E-state index in [0.29, 0.717) is 11.6 Å². The van der Waals surface area contributed by atoms with Crippen molar-refractivity contribution in [3.05, 3.63) is 23.7 Å². The molecule has 1 atom stereocenters. The fourth-order valence-electron chi connectivity index (χ4n) is 3.36. The number of furan rings is 1. The average Bonchev–Trinajstić information content (AvgIpc) is 3.09. The third kappa shape index (κ3) is 2.68. The Bertz CT molecular complexity index is 441. The van der Waals surface area contributed by atoms with Gasteiger partial charge >= 0.3 is 0 Å². The molecule has 1 aromatic heterocycles. The van der Waals surface area contributed by atoms with Crippen LogP contribution >= 0.6 is 0 Å². The number of likely N-dealkylation sites (tertiary alicyclic amines) is 1. The molecule has 104 valence electrons. The lowest BCUT2D eigenvalue weighted by Crippen LogP contribution is -2.43. The Hall–Kier alpha value is -1.29. The van der Waals surface area contributed by atoms with Gasteiger partial charge in [0, 0.05) is 19.1 Å². The molecule has 3 heterocycles. The highest BCUT2D eigenvalue weighted by atomic mass is 16.3. The predicted octanol–water partition coefficient (Wildman–Crippen LogP) is 2.19. The van der Waals surface area contributed by atoms with Crippen LogP contribution in [0.5, 0.6) is 0 Å². The lowest BCUT2D eigenvalue weighted by Gasteiger charge is -2.34. The summed E-state index contributed by atoms with van der Waals surface area (Å²) in [5, 5.41) is 3.59. The van der Waals surface area contributed by atoms with Crippen LogP contribution in [0.1, 0.15) is 41.8 Å². The molecular formula is C15H22N2O2. The van der Waals surface area contributed by atoms with E-state index in [2.05, 4.69) is 5.32 Å². The summed E-state index contributed by atoms with van der Waals surface area (Å²) in [6, 6.07) is 2.51. The monoisotopic (exact) mass is 262 g/mol. The zero-order valence-corrected chi connectivity index (χ0v) is 11.5. The first-order chi connectivity index (χ1) is 9.24. The molecule has 4 nitrogen and oxygen atoms in total. The maximum atomic E-state index is 12.3. The van der Waals surface area contributed by atoms with Crippen molar-refractivity contribution in [2.45, 2.75) is 38.6 Å². The van der Waals surface area contributed by atoms with E-state index in [1.165, 1.54) is 12.8 Å². The lowest BCUT2D eigenvalue weighted by molar-refractivity contribution is 0.0673. The number of aryl methyl sites for hydroxylation is 1. The molecule has 0 saturated carbocycles. The highest BCUT2D eigenvalue weighted by molar-refractivity contribution is 5.94. The van der Waals surface area contributed by atoms with Crippen molar-refractivity contribution in [1.82, 2.24) is 10.2 Å². The van der Waals surface area contributed by atoms with E-state index in [4.69, 9.17) is 4.42 Å². The van der Waals surface area contributed by atoms with E-state index >= 15 is 0 Å². The minimum Gasteiger partial charge on any atom is -0.469 e. The van der Waals surface area contributed by atoms with Crippen LogP contribution in [0.2, 0.25) is 0 Å². The molecule has 0 radical (unpaired) electrons. The Balaban J connectivity index is 1.56.